The first kappa shape index (κ1) is 10.5. The molecule has 3 heteroatoms. The van der Waals surface area contributed by atoms with Gasteiger partial charge in [-0.3, -0.25) is 0 Å². The number of hydrogen-bond donors (Lipinski definition) is 1. The van der Waals surface area contributed by atoms with Crippen LogP contribution in [-0.2, 0) is 4.74 Å². The summed E-state index contributed by atoms with van der Waals surface area (Å²) in [7, 11) is 0. The number of rotatable bonds is 3. The Morgan fingerprint density at radius 1 is 1.40 bits per heavy atom. The lowest BCUT2D eigenvalue weighted by Crippen LogP contribution is -2.15. The van der Waals surface area contributed by atoms with Crippen molar-refractivity contribution < 1.29 is 14.6 Å². The highest BCUT2D eigenvalue weighted by Crippen LogP contribution is 2.20. The van der Waals surface area contributed by atoms with E-state index in [0.717, 1.165) is 24.3 Å². The summed E-state index contributed by atoms with van der Waals surface area (Å²) in [6.45, 7) is 3.22. The zero-order chi connectivity index (χ0) is 10.7. The summed E-state index contributed by atoms with van der Waals surface area (Å²) in [5, 5.41) is 9.34. The number of ether oxygens (including phenoxy) is 2. The largest absolute Gasteiger partial charge is 0.488 e. The van der Waals surface area contributed by atoms with E-state index in [4.69, 9.17) is 9.47 Å². The van der Waals surface area contributed by atoms with Crippen molar-refractivity contribution in [2.75, 3.05) is 13.2 Å². The summed E-state index contributed by atoms with van der Waals surface area (Å²) in [5.74, 6) is 0.843. The van der Waals surface area contributed by atoms with Crippen LogP contribution < -0.4 is 4.74 Å². The first-order valence-corrected chi connectivity index (χ1v) is 5.28. The fourth-order valence-electron chi connectivity index (χ4n) is 1.62. The van der Waals surface area contributed by atoms with Gasteiger partial charge >= 0.3 is 0 Å². The van der Waals surface area contributed by atoms with E-state index < -0.39 is 6.10 Å². The van der Waals surface area contributed by atoms with Gasteiger partial charge in [-0.05, 0) is 24.6 Å². The van der Waals surface area contributed by atoms with E-state index in [9.17, 15) is 5.11 Å². The molecule has 0 aromatic heterocycles. The third-order valence-electron chi connectivity index (χ3n) is 2.55. The molecule has 2 rings (SSSR count). The van der Waals surface area contributed by atoms with Gasteiger partial charge in [0.25, 0.3) is 0 Å². The summed E-state index contributed by atoms with van der Waals surface area (Å²) in [5.41, 5.74) is 0.907. The molecule has 0 spiro atoms. The van der Waals surface area contributed by atoms with E-state index in [1.807, 2.05) is 24.3 Å². The molecular formula is C12H16O3. The molecule has 1 N–H and O–H groups in total. The molecule has 1 aromatic carbocycles. The molecule has 82 valence electrons. The molecular weight excluding hydrogens is 192 g/mol. The van der Waals surface area contributed by atoms with E-state index >= 15 is 0 Å². The standard InChI is InChI=1S/C12H16O3/c1-9(13)10-2-4-11(5-3-10)15-12-6-7-14-8-12/h2-5,9,12-13H,6-8H2,1H3/t9-,12?/m1/s1. The highest BCUT2D eigenvalue weighted by molar-refractivity contribution is 5.28. The lowest BCUT2D eigenvalue weighted by atomic mass is 10.1. The summed E-state index contributed by atoms with van der Waals surface area (Å²) < 4.78 is 10.9. The molecule has 0 saturated carbocycles. The van der Waals surface area contributed by atoms with E-state index in [1.165, 1.54) is 0 Å². The maximum atomic E-state index is 9.34. The lowest BCUT2D eigenvalue weighted by molar-refractivity contribution is 0.141. The van der Waals surface area contributed by atoms with Gasteiger partial charge in [0.05, 0.1) is 19.3 Å². The Morgan fingerprint density at radius 3 is 2.67 bits per heavy atom. The Balaban J connectivity index is 1.97. The number of benzene rings is 1. The van der Waals surface area contributed by atoms with Gasteiger partial charge in [0.1, 0.15) is 11.9 Å². The van der Waals surface area contributed by atoms with Crippen LogP contribution in [0.4, 0.5) is 0 Å². The summed E-state index contributed by atoms with van der Waals surface area (Å²) in [4.78, 5) is 0. The van der Waals surface area contributed by atoms with Crippen LogP contribution in [0.3, 0.4) is 0 Å². The molecule has 3 nitrogen and oxygen atoms in total. The second-order valence-corrected chi connectivity index (χ2v) is 3.85. The van der Waals surface area contributed by atoms with Gasteiger partial charge in [-0.25, -0.2) is 0 Å². The van der Waals surface area contributed by atoms with E-state index in [-0.39, 0.29) is 6.10 Å². The van der Waals surface area contributed by atoms with Crippen molar-refractivity contribution in [2.24, 2.45) is 0 Å². The van der Waals surface area contributed by atoms with Gasteiger partial charge in [0, 0.05) is 6.42 Å². The molecule has 0 radical (unpaired) electrons. The fraction of sp³-hybridized carbons (Fsp3) is 0.500. The van der Waals surface area contributed by atoms with Gasteiger partial charge < -0.3 is 14.6 Å². The van der Waals surface area contributed by atoms with Crippen LogP contribution >= 0.6 is 0 Å². The maximum absolute atomic E-state index is 9.34. The van der Waals surface area contributed by atoms with Gasteiger partial charge in [0.15, 0.2) is 0 Å². The number of aliphatic hydroxyl groups is 1. The van der Waals surface area contributed by atoms with E-state index in [0.29, 0.717) is 6.61 Å². The predicted molar refractivity (Wildman–Crippen MR) is 56.9 cm³/mol. The monoisotopic (exact) mass is 208 g/mol. The van der Waals surface area contributed by atoms with Gasteiger partial charge in [-0.15, -0.1) is 0 Å². The molecule has 1 heterocycles. The summed E-state index contributed by atoms with van der Waals surface area (Å²) >= 11 is 0. The van der Waals surface area contributed by atoms with Crippen molar-refractivity contribution in [3.63, 3.8) is 0 Å². The molecule has 1 aliphatic heterocycles. The topological polar surface area (TPSA) is 38.7 Å². The molecule has 1 aromatic rings. The van der Waals surface area contributed by atoms with Gasteiger partial charge in [-0.1, -0.05) is 12.1 Å². The fourth-order valence-corrected chi connectivity index (χ4v) is 1.62. The van der Waals surface area contributed by atoms with Crippen molar-refractivity contribution in [3.8, 4) is 5.75 Å². The molecule has 15 heavy (non-hydrogen) atoms. The van der Waals surface area contributed by atoms with Gasteiger partial charge in [0.2, 0.25) is 0 Å². The van der Waals surface area contributed by atoms with Crippen molar-refractivity contribution in [1.29, 1.82) is 0 Å². The number of aliphatic hydroxyl groups excluding tert-OH is 1. The quantitative estimate of drug-likeness (QED) is 0.824. The Bertz CT molecular complexity index is 299. The Morgan fingerprint density at radius 2 is 2.13 bits per heavy atom. The molecule has 0 aliphatic carbocycles. The van der Waals surface area contributed by atoms with Gasteiger partial charge in [-0.2, -0.15) is 0 Å². The predicted octanol–water partition coefficient (Wildman–Crippen LogP) is 1.91. The Labute approximate surface area is 89.6 Å². The first-order chi connectivity index (χ1) is 7.25. The molecule has 0 bridgehead atoms. The van der Waals surface area contributed by atoms with Crippen molar-refractivity contribution in [3.05, 3.63) is 29.8 Å². The maximum Gasteiger partial charge on any atom is 0.124 e. The van der Waals surface area contributed by atoms with Crippen molar-refractivity contribution in [2.45, 2.75) is 25.6 Å². The molecule has 1 aliphatic rings. The minimum absolute atomic E-state index is 0.183. The van der Waals surface area contributed by atoms with Crippen LogP contribution in [-0.4, -0.2) is 24.4 Å². The molecule has 1 fully saturated rings. The summed E-state index contributed by atoms with van der Waals surface area (Å²) in [6, 6.07) is 7.55. The van der Waals surface area contributed by atoms with Crippen LogP contribution in [0.5, 0.6) is 5.75 Å². The average Bonchev–Trinajstić information content (AvgIpc) is 2.71. The molecule has 0 amide bonds. The normalized spacial score (nSPS) is 22.7. The minimum Gasteiger partial charge on any atom is -0.488 e. The van der Waals surface area contributed by atoms with Crippen LogP contribution in [0.2, 0.25) is 0 Å². The third kappa shape index (κ3) is 2.70. The van der Waals surface area contributed by atoms with Crippen LogP contribution in [0.25, 0.3) is 0 Å². The highest BCUT2D eigenvalue weighted by atomic mass is 16.5. The second-order valence-electron chi connectivity index (χ2n) is 3.85. The SMILES string of the molecule is C[C@@H](O)c1ccc(OC2CCOC2)cc1. The van der Waals surface area contributed by atoms with Crippen molar-refractivity contribution in [1.82, 2.24) is 0 Å². The zero-order valence-electron chi connectivity index (χ0n) is 8.85. The number of hydrogen-bond acceptors (Lipinski definition) is 3. The van der Waals surface area contributed by atoms with Crippen LogP contribution in [0, 0.1) is 0 Å². The van der Waals surface area contributed by atoms with Crippen LogP contribution in [0.15, 0.2) is 24.3 Å². The zero-order valence-corrected chi connectivity index (χ0v) is 8.85. The molecule has 2 atom stereocenters. The minimum atomic E-state index is -0.422. The van der Waals surface area contributed by atoms with E-state index in [1.54, 1.807) is 6.92 Å². The summed E-state index contributed by atoms with van der Waals surface area (Å²) in [6.07, 6.45) is 0.717. The average molecular weight is 208 g/mol. The highest BCUT2D eigenvalue weighted by Gasteiger charge is 2.16. The Kier molecular flexibility index (Phi) is 3.23. The van der Waals surface area contributed by atoms with Crippen molar-refractivity contribution >= 4 is 0 Å². The third-order valence-corrected chi connectivity index (χ3v) is 2.55. The van der Waals surface area contributed by atoms with E-state index in [2.05, 4.69) is 0 Å². The second kappa shape index (κ2) is 4.64. The lowest BCUT2D eigenvalue weighted by Gasteiger charge is -2.12. The van der Waals surface area contributed by atoms with Crippen LogP contribution in [0.1, 0.15) is 25.0 Å². The first-order valence-electron chi connectivity index (χ1n) is 5.28. The Hall–Kier alpha value is -1.06. The smallest absolute Gasteiger partial charge is 0.124 e. The molecule has 1 unspecified atom stereocenters. The molecule has 1 saturated heterocycles.